The lowest BCUT2D eigenvalue weighted by atomic mass is 9.86. The van der Waals surface area contributed by atoms with E-state index in [-0.39, 0.29) is 5.41 Å². The molecule has 0 fully saturated rings. The van der Waals surface area contributed by atoms with Gasteiger partial charge in [-0.25, -0.2) is 0 Å². The molecule has 0 aromatic heterocycles. The fourth-order valence-corrected chi connectivity index (χ4v) is 2.02. The van der Waals surface area contributed by atoms with E-state index in [1.165, 1.54) is 0 Å². The van der Waals surface area contributed by atoms with Gasteiger partial charge in [0.05, 0.1) is 40.1 Å². The maximum atomic E-state index is 5.87. The smallest absolute Gasteiger partial charge is 0.123 e. The van der Waals surface area contributed by atoms with Crippen LogP contribution in [0.5, 0.6) is 11.5 Å². The van der Waals surface area contributed by atoms with Crippen LogP contribution in [-0.4, -0.2) is 53.9 Å². The quantitative estimate of drug-likeness (QED) is 0.585. The summed E-state index contributed by atoms with van der Waals surface area (Å²) in [6.45, 7) is 9.83. The Hall–Kier alpha value is -1.30. The summed E-state index contributed by atoms with van der Waals surface area (Å²) >= 11 is 0. The molecule has 0 aliphatic heterocycles. The second-order valence-corrected chi connectivity index (χ2v) is 6.18. The lowest BCUT2D eigenvalue weighted by molar-refractivity contribution is 0.0178. The summed E-state index contributed by atoms with van der Waals surface area (Å²) in [4.78, 5) is 0. The molecule has 0 saturated carbocycles. The largest absolute Gasteiger partial charge is 0.497 e. The molecule has 5 heteroatoms. The van der Waals surface area contributed by atoms with Gasteiger partial charge in [-0.1, -0.05) is 20.8 Å². The molecule has 0 aliphatic rings. The summed E-state index contributed by atoms with van der Waals surface area (Å²) < 4.78 is 26.9. The van der Waals surface area contributed by atoms with Gasteiger partial charge in [0.1, 0.15) is 18.1 Å². The molecule has 0 aliphatic carbocycles. The number of hydrogen-bond donors (Lipinski definition) is 0. The summed E-state index contributed by atoms with van der Waals surface area (Å²) in [5.74, 6) is 1.71. The number of methoxy groups -OCH3 is 2. The highest BCUT2D eigenvalue weighted by atomic mass is 16.6. The van der Waals surface area contributed by atoms with E-state index in [1.54, 1.807) is 14.2 Å². The van der Waals surface area contributed by atoms with Crippen LogP contribution in [-0.2, 0) is 19.6 Å². The van der Waals surface area contributed by atoms with Crippen molar-refractivity contribution in [2.24, 2.45) is 0 Å². The van der Waals surface area contributed by atoms with Crippen LogP contribution < -0.4 is 9.47 Å². The Morgan fingerprint density at radius 2 is 1.43 bits per heavy atom. The monoisotopic (exact) mass is 326 g/mol. The van der Waals surface area contributed by atoms with Crippen molar-refractivity contribution in [3.8, 4) is 11.5 Å². The van der Waals surface area contributed by atoms with E-state index in [4.69, 9.17) is 23.7 Å². The molecule has 0 spiro atoms. The van der Waals surface area contributed by atoms with Crippen molar-refractivity contribution in [1.82, 2.24) is 0 Å². The average Bonchev–Trinajstić information content (AvgIpc) is 2.52. The number of ether oxygens (including phenoxy) is 5. The van der Waals surface area contributed by atoms with Gasteiger partial charge in [-0.2, -0.15) is 0 Å². The predicted octanol–water partition coefficient (Wildman–Crippen LogP) is 3.05. The van der Waals surface area contributed by atoms with Gasteiger partial charge in [0.15, 0.2) is 0 Å². The zero-order chi connectivity index (χ0) is 17.1. The van der Waals surface area contributed by atoms with E-state index in [2.05, 4.69) is 20.8 Å². The summed E-state index contributed by atoms with van der Waals surface area (Å²) in [5, 5.41) is 0. The van der Waals surface area contributed by atoms with Crippen LogP contribution in [0.25, 0.3) is 0 Å². The molecule has 0 heterocycles. The third-order valence-corrected chi connectivity index (χ3v) is 3.28. The first-order valence-electron chi connectivity index (χ1n) is 7.94. The highest BCUT2D eigenvalue weighted by Gasteiger charge is 2.19. The normalized spacial score (nSPS) is 11.5. The van der Waals surface area contributed by atoms with Crippen molar-refractivity contribution < 1.29 is 23.7 Å². The Morgan fingerprint density at radius 3 is 2.00 bits per heavy atom. The van der Waals surface area contributed by atoms with Crippen LogP contribution in [0.4, 0.5) is 0 Å². The fourth-order valence-electron chi connectivity index (χ4n) is 2.02. The third-order valence-electron chi connectivity index (χ3n) is 3.28. The third kappa shape index (κ3) is 7.68. The van der Waals surface area contributed by atoms with Crippen LogP contribution in [0.3, 0.4) is 0 Å². The molecule has 1 aromatic rings. The Bertz CT molecular complexity index is 440. The van der Waals surface area contributed by atoms with Crippen LogP contribution in [0.15, 0.2) is 18.2 Å². The lowest BCUT2D eigenvalue weighted by Gasteiger charge is -2.23. The average molecular weight is 326 g/mol. The molecule has 0 N–H and O–H groups in total. The van der Waals surface area contributed by atoms with Gasteiger partial charge >= 0.3 is 0 Å². The Labute approximate surface area is 139 Å². The Kier molecular flexibility index (Phi) is 8.99. The molecule has 1 rings (SSSR count). The topological polar surface area (TPSA) is 46.2 Å². The number of hydrogen-bond acceptors (Lipinski definition) is 5. The van der Waals surface area contributed by atoms with E-state index in [1.807, 2.05) is 18.2 Å². The van der Waals surface area contributed by atoms with Gasteiger partial charge in [0, 0.05) is 12.7 Å². The van der Waals surface area contributed by atoms with Gasteiger partial charge in [-0.05, 0) is 23.6 Å². The molecule has 0 radical (unpaired) electrons. The van der Waals surface area contributed by atoms with E-state index < -0.39 is 0 Å². The number of benzene rings is 1. The lowest BCUT2D eigenvalue weighted by Crippen LogP contribution is -2.16. The highest BCUT2D eigenvalue weighted by Crippen LogP contribution is 2.34. The number of rotatable bonds is 11. The Morgan fingerprint density at radius 1 is 0.826 bits per heavy atom. The SMILES string of the molecule is COCCOCCOCCOc1ccc(OC)cc1C(C)(C)C. The zero-order valence-electron chi connectivity index (χ0n) is 15.0. The van der Waals surface area contributed by atoms with Gasteiger partial charge in [-0.15, -0.1) is 0 Å². The van der Waals surface area contributed by atoms with Crippen molar-refractivity contribution in [3.63, 3.8) is 0 Å². The summed E-state index contributed by atoms with van der Waals surface area (Å²) in [5.41, 5.74) is 1.11. The van der Waals surface area contributed by atoms with Crippen LogP contribution in [0, 0.1) is 0 Å². The highest BCUT2D eigenvalue weighted by molar-refractivity contribution is 5.44. The predicted molar refractivity (Wildman–Crippen MR) is 90.7 cm³/mol. The van der Waals surface area contributed by atoms with Gasteiger partial charge < -0.3 is 23.7 Å². The van der Waals surface area contributed by atoms with Crippen molar-refractivity contribution in [2.75, 3.05) is 53.9 Å². The molecule has 5 nitrogen and oxygen atoms in total. The standard InChI is InChI=1S/C18H30O5/c1-18(2,3)16-14-15(20-5)6-7-17(16)23-13-12-22-11-10-21-9-8-19-4/h6-7,14H,8-13H2,1-5H3. The van der Waals surface area contributed by atoms with Crippen molar-refractivity contribution in [2.45, 2.75) is 26.2 Å². The van der Waals surface area contributed by atoms with E-state index in [0.29, 0.717) is 39.6 Å². The van der Waals surface area contributed by atoms with E-state index >= 15 is 0 Å². The van der Waals surface area contributed by atoms with Gasteiger partial charge in [0.2, 0.25) is 0 Å². The van der Waals surface area contributed by atoms with Gasteiger partial charge in [0.25, 0.3) is 0 Å². The second-order valence-electron chi connectivity index (χ2n) is 6.18. The second kappa shape index (κ2) is 10.5. The minimum absolute atomic E-state index is 0.0140. The zero-order valence-corrected chi connectivity index (χ0v) is 15.0. The van der Waals surface area contributed by atoms with Crippen LogP contribution in [0.2, 0.25) is 0 Å². The molecular weight excluding hydrogens is 296 g/mol. The summed E-state index contributed by atoms with van der Waals surface area (Å²) in [6, 6.07) is 5.89. The van der Waals surface area contributed by atoms with E-state index in [9.17, 15) is 0 Å². The molecule has 0 unspecified atom stereocenters. The van der Waals surface area contributed by atoms with Crippen LogP contribution in [0.1, 0.15) is 26.3 Å². The van der Waals surface area contributed by atoms with Crippen LogP contribution >= 0.6 is 0 Å². The minimum Gasteiger partial charge on any atom is -0.497 e. The summed E-state index contributed by atoms with van der Waals surface area (Å²) in [6.07, 6.45) is 0. The molecule has 0 saturated heterocycles. The molecule has 1 aromatic carbocycles. The van der Waals surface area contributed by atoms with E-state index in [0.717, 1.165) is 17.1 Å². The maximum absolute atomic E-state index is 5.87. The summed E-state index contributed by atoms with van der Waals surface area (Å²) in [7, 11) is 3.33. The minimum atomic E-state index is -0.0140. The first-order chi connectivity index (χ1) is 11.0. The van der Waals surface area contributed by atoms with Crippen molar-refractivity contribution in [1.29, 1.82) is 0 Å². The maximum Gasteiger partial charge on any atom is 0.123 e. The molecule has 132 valence electrons. The Balaban J connectivity index is 2.34. The fraction of sp³-hybridized carbons (Fsp3) is 0.667. The first-order valence-corrected chi connectivity index (χ1v) is 7.94. The van der Waals surface area contributed by atoms with Crippen molar-refractivity contribution in [3.05, 3.63) is 23.8 Å². The molecular formula is C18H30O5. The molecule has 0 atom stereocenters. The first kappa shape index (κ1) is 19.7. The molecule has 0 bridgehead atoms. The van der Waals surface area contributed by atoms with Gasteiger partial charge in [-0.3, -0.25) is 0 Å². The molecule has 0 amide bonds. The van der Waals surface area contributed by atoms with Crippen molar-refractivity contribution >= 4 is 0 Å². The molecule has 23 heavy (non-hydrogen) atoms.